The van der Waals surface area contributed by atoms with Gasteiger partial charge < -0.3 is 5.32 Å². The summed E-state index contributed by atoms with van der Waals surface area (Å²) in [6.07, 6.45) is 0. The number of halogens is 1. The lowest BCUT2D eigenvalue weighted by Crippen LogP contribution is -2.10. The number of hydrogen-bond acceptors (Lipinski definition) is 6. The quantitative estimate of drug-likeness (QED) is 0.543. The van der Waals surface area contributed by atoms with E-state index in [2.05, 4.69) is 44.8 Å². The van der Waals surface area contributed by atoms with E-state index in [9.17, 15) is 4.39 Å². The van der Waals surface area contributed by atoms with E-state index in [0.717, 1.165) is 10.7 Å². The van der Waals surface area contributed by atoms with Crippen LogP contribution in [0.3, 0.4) is 0 Å². The second kappa shape index (κ2) is 7.03. The van der Waals surface area contributed by atoms with Crippen LogP contribution in [0.15, 0.2) is 41.8 Å². The van der Waals surface area contributed by atoms with Gasteiger partial charge in [0.2, 0.25) is 0 Å². The number of rotatable bonds is 5. The van der Waals surface area contributed by atoms with Gasteiger partial charge in [-0.3, -0.25) is 0 Å². The second-order valence-corrected chi connectivity index (χ2v) is 7.51. The molecular weight excluding hydrogens is 363 g/mol. The number of fused-ring (bicyclic) bond motifs is 1. The molecule has 0 saturated carbocycles. The number of aromatic nitrogens is 5. The monoisotopic (exact) mass is 382 g/mol. The van der Waals surface area contributed by atoms with E-state index in [1.807, 2.05) is 13.0 Å². The molecule has 1 unspecified atom stereocenters. The standard InChI is InChI=1S/C19H19FN6S/c1-11(2)19-22-15(10-27-19)12(3)21-16-8-9-17-23-24-18(26(17)25-16)13-6-4-5-7-14(13)20/h4-12H,1-3H3,(H,21,25). The van der Waals surface area contributed by atoms with E-state index in [-0.39, 0.29) is 11.9 Å². The molecule has 0 amide bonds. The fraction of sp³-hybridized carbons (Fsp3) is 0.263. The lowest BCUT2D eigenvalue weighted by molar-refractivity contribution is 0.629. The SMILES string of the molecule is CC(C)c1nc(C(C)Nc2ccc3nnc(-c4ccccc4F)n3n2)cs1. The summed E-state index contributed by atoms with van der Waals surface area (Å²) in [6.45, 7) is 6.30. The first-order chi connectivity index (χ1) is 13.0. The largest absolute Gasteiger partial charge is 0.361 e. The Morgan fingerprint density at radius 1 is 1.07 bits per heavy atom. The highest BCUT2D eigenvalue weighted by molar-refractivity contribution is 7.09. The van der Waals surface area contributed by atoms with E-state index in [1.54, 1.807) is 40.1 Å². The highest BCUT2D eigenvalue weighted by atomic mass is 32.1. The highest BCUT2D eigenvalue weighted by Gasteiger charge is 2.16. The number of anilines is 1. The van der Waals surface area contributed by atoms with Crippen LogP contribution in [-0.4, -0.2) is 24.8 Å². The van der Waals surface area contributed by atoms with Crippen LogP contribution in [0.5, 0.6) is 0 Å². The number of nitrogens with zero attached hydrogens (tertiary/aromatic N) is 5. The van der Waals surface area contributed by atoms with E-state index in [0.29, 0.717) is 28.8 Å². The summed E-state index contributed by atoms with van der Waals surface area (Å²) >= 11 is 1.66. The molecule has 6 nitrogen and oxygen atoms in total. The summed E-state index contributed by atoms with van der Waals surface area (Å²) in [5.74, 6) is 1.07. The maximum atomic E-state index is 14.1. The molecule has 0 aliphatic carbocycles. The zero-order chi connectivity index (χ0) is 19.0. The molecule has 0 radical (unpaired) electrons. The molecule has 1 atom stereocenters. The first kappa shape index (κ1) is 17.5. The van der Waals surface area contributed by atoms with Gasteiger partial charge >= 0.3 is 0 Å². The van der Waals surface area contributed by atoms with Crippen LogP contribution in [0.2, 0.25) is 0 Å². The summed E-state index contributed by atoms with van der Waals surface area (Å²) in [4.78, 5) is 4.68. The van der Waals surface area contributed by atoms with Crippen molar-refractivity contribution < 1.29 is 4.39 Å². The Hall–Kier alpha value is -2.87. The van der Waals surface area contributed by atoms with Crippen molar-refractivity contribution in [3.63, 3.8) is 0 Å². The van der Waals surface area contributed by atoms with E-state index >= 15 is 0 Å². The predicted octanol–water partition coefficient (Wildman–Crippen LogP) is 4.68. The van der Waals surface area contributed by atoms with E-state index in [1.165, 1.54) is 6.07 Å². The van der Waals surface area contributed by atoms with Crippen molar-refractivity contribution in [3.8, 4) is 11.4 Å². The molecule has 0 spiro atoms. The average molecular weight is 382 g/mol. The second-order valence-electron chi connectivity index (χ2n) is 6.62. The van der Waals surface area contributed by atoms with Gasteiger partial charge in [-0.2, -0.15) is 4.52 Å². The molecular formula is C19H19FN6S. The molecule has 0 fully saturated rings. The molecule has 4 rings (SSSR count). The van der Waals surface area contributed by atoms with Crippen molar-refractivity contribution in [3.05, 3.63) is 58.3 Å². The van der Waals surface area contributed by atoms with E-state index in [4.69, 9.17) is 0 Å². The minimum Gasteiger partial charge on any atom is -0.361 e. The highest BCUT2D eigenvalue weighted by Crippen LogP contribution is 2.25. The molecule has 1 N–H and O–H groups in total. The fourth-order valence-corrected chi connectivity index (χ4v) is 3.67. The first-order valence-corrected chi connectivity index (χ1v) is 9.60. The minimum atomic E-state index is -0.357. The first-order valence-electron chi connectivity index (χ1n) is 8.72. The van der Waals surface area contributed by atoms with Crippen LogP contribution in [0.1, 0.15) is 43.4 Å². The van der Waals surface area contributed by atoms with Crippen LogP contribution in [-0.2, 0) is 0 Å². The zero-order valence-electron chi connectivity index (χ0n) is 15.2. The maximum absolute atomic E-state index is 14.1. The smallest absolute Gasteiger partial charge is 0.188 e. The van der Waals surface area contributed by atoms with Gasteiger partial charge in [-0.15, -0.1) is 26.6 Å². The maximum Gasteiger partial charge on any atom is 0.188 e. The Morgan fingerprint density at radius 3 is 2.63 bits per heavy atom. The molecule has 3 aromatic heterocycles. The minimum absolute atomic E-state index is 0.00732. The van der Waals surface area contributed by atoms with E-state index < -0.39 is 0 Å². The summed E-state index contributed by atoms with van der Waals surface area (Å²) in [6, 6.07) is 10.1. The number of thiazole rings is 1. The van der Waals surface area contributed by atoms with Crippen molar-refractivity contribution in [2.24, 2.45) is 0 Å². The third-order valence-corrected chi connectivity index (χ3v) is 5.38. The average Bonchev–Trinajstić information content (AvgIpc) is 3.29. The lowest BCUT2D eigenvalue weighted by Gasteiger charge is -2.12. The van der Waals surface area contributed by atoms with Crippen LogP contribution in [0.25, 0.3) is 17.0 Å². The molecule has 138 valence electrons. The summed E-state index contributed by atoms with van der Waals surface area (Å²) < 4.78 is 15.7. The number of benzene rings is 1. The van der Waals surface area contributed by atoms with Gasteiger partial charge in [0.05, 0.1) is 22.3 Å². The van der Waals surface area contributed by atoms with Gasteiger partial charge in [-0.1, -0.05) is 26.0 Å². The van der Waals surface area contributed by atoms with Crippen LogP contribution in [0.4, 0.5) is 10.2 Å². The van der Waals surface area contributed by atoms with Gasteiger partial charge in [0.25, 0.3) is 0 Å². The lowest BCUT2D eigenvalue weighted by atomic mass is 10.2. The van der Waals surface area contributed by atoms with Gasteiger partial charge in [0.1, 0.15) is 11.6 Å². The van der Waals surface area contributed by atoms with Crippen molar-refractivity contribution >= 4 is 22.8 Å². The number of nitrogens with one attached hydrogen (secondary N) is 1. The molecule has 4 aromatic rings. The Morgan fingerprint density at radius 2 is 1.89 bits per heavy atom. The zero-order valence-corrected chi connectivity index (χ0v) is 16.0. The molecule has 8 heteroatoms. The fourth-order valence-electron chi connectivity index (χ4n) is 2.74. The third-order valence-electron chi connectivity index (χ3n) is 4.22. The predicted molar refractivity (Wildman–Crippen MR) is 104 cm³/mol. The van der Waals surface area contributed by atoms with Crippen molar-refractivity contribution in [1.29, 1.82) is 0 Å². The van der Waals surface area contributed by atoms with Gasteiger partial charge in [-0.25, -0.2) is 9.37 Å². The summed E-state index contributed by atoms with van der Waals surface area (Å²) in [7, 11) is 0. The Labute approximate surface area is 160 Å². The van der Waals surface area contributed by atoms with Crippen molar-refractivity contribution in [2.75, 3.05) is 5.32 Å². The Kier molecular flexibility index (Phi) is 4.57. The molecule has 0 bridgehead atoms. The normalized spacial score (nSPS) is 12.6. The topological polar surface area (TPSA) is 68.0 Å². The molecule has 0 aliphatic rings. The summed E-state index contributed by atoms with van der Waals surface area (Å²) in [5, 5.41) is 19.3. The van der Waals surface area contributed by atoms with Crippen LogP contribution < -0.4 is 5.32 Å². The molecule has 1 aromatic carbocycles. The van der Waals surface area contributed by atoms with Gasteiger partial charge in [0, 0.05) is 11.3 Å². The van der Waals surface area contributed by atoms with Gasteiger partial charge in [-0.05, 0) is 31.2 Å². The van der Waals surface area contributed by atoms with Crippen molar-refractivity contribution in [1.82, 2.24) is 24.8 Å². The van der Waals surface area contributed by atoms with Gasteiger partial charge in [0.15, 0.2) is 11.5 Å². The molecule has 0 saturated heterocycles. The Balaban J connectivity index is 1.65. The third kappa shape index (κ3) is 3.40. The van der Waals surface area contributed by atoms with Crippen molar-refractivity contribution in [2.45, 2.75) is 32.7 Å². The molecule has 3 heterocycles. The van der Waals surface area contributed by atoms with Crippen LogP contribution in [0, 0.1) is 5.82 Å². The Bertz CT molecular complexity index is 1090. The number of hydrogen-bond donors (Lipinski definition) is 1. The van der Waals surface area contributed by atoms with Crippen LogP contribution >= 0.6 is 11.3 Å². The summed E-state index contributed by atoms with van der Waals surface area (Å²) in [5.41, 5.74) is 1.90. The molecule has 0 aliphatic heterocycles. The molecule has 27 heavy (non-hydrogen) atoms.